The van der Waals surface area contributed by atoms with Crippen LogP contribution in [0.25, 0.3) is 0 Å². The Hall–Kier alpha value is -1.10. The summed E-state index contributed by atoms with van der Waals surface area (Å²) < 4.78 is 0. The molecule has 1 heterocycles. The lowest BCUT2D eigenvalue weighted by atomic mass is 9.79. The Kier molecular flexibility index (Phi) is 4.22. The third-order valence-electron chi connectivity index (χ3n) is 4.23. The first-order valence-electron chi connectivity index (χ1n) is 6.94. The van der Waals surface area contributed by atoms with Crippen LogP contribution in [-0.4, -0.2) is 42.9 Å². The van der Waals surface area contributed by atoms with E-state index in [0.717, 1.165) is 25.7 Å². The van der Waals surface area contributed by atoms with Crippen molar-refractivity contribution in [1.82, 2.24) is 10.2 Å². The number of piperazine rings is 1. The third-order valence-corrected chi connectivity index (χ3v) is 4.23. The summed E-state index contributed by atoms with van der Waals surface area (Å²) in [6.45, 7) is 1.78. The molecule has 0 bridgehead atoms. The van der Waals surface area contributed by atoms with Gasteiger partial charge in [0.25, 0.3) is 0 Å². The van der Waals surface area contributed by atoms with Crippen molar-refractivity contribution >= 4 is 11.8 Å². The minimum Gasteiger partial charge on any atom is -0.353 e. The summed E-state index contributed by atoms with van der Waals surface area (Å²) in [5.41, 5.74) is 5.49. The van der Waals surface area contributed by atoms with Gasteiger partial charge in [-0.1, -0.05) is 25.7 Å². The normalized spacial score (nSPS) is 24.3. The predicted molar refractivity (Wildman–Crippen MR) is 68.8 cm³/mol. The van der Waals surface area contributed by atoms with Gasteiger partial charge in [-0.05, 0) is 12.8 Å². The summed E-state index contributed by atoms with van der Waals surface area (Å²) in [6, 6.07) is 0. The molecule has 2 fully saturated rings. The maximum absolute atomic E-state index is 12.7. The number of carbonyl (C=O) groups is 2. The summed E-state index contributed by atoms with van der Waals surface area (Å²) in [7, 11) is 0. The second kappa shape index (κ2) is 5.69. The molecule has 0 aromatic heterocycles. The van der Waals surface area contributed by atoms with Crippen LogP contribution in [0.3, 0.4) is 0 Å². The summed E-state index contributed by atoms with van der Waals surface area (Å²) in [6.07, 6.45) is 6.28. The first kappa shape index (κ1) is 13.3. The highest BCUT2D eigenvalue weighted by Gasteiger charge is 2.40. The van der Waals surface area contributed by atoms with Gasteiger partial charge in [-0.2, -0.15) is 0 Å². The Bertz CT molecular complexity index is 322. The second-order valence-corrected chi connectivity index (χ2v) is 5.48. The zero-order valence-electron chi connectivity index (χ0n) is 10.9. The van der Waals surface area contributed by atoms with Gasteiger partial charge in [-0.15, -0.1) is 0 Å². The number of nitrogens with two attached hydrogens (primary N) is 1. The molecular formula is C13H23N3O2. The van der Waals surface area contributed by atoms with Crippen molar-refractivity contribution in [3.8, 4) is 0 Å². The van der Waals surface area contributed by atoms with Gasteiger partial charge in [-0.25, -0.2) is 0 Å². The molecule has 1 aliphatic carbocycles. The first-order valence-corrected chi connectivity index (χ1v) is 6.94. The molecule has 1 saturated carbocycles. The molecule has 2 aliphatic rings. The highest BCUT2D eigenvalue weighted by molar-refractivity contribution is 5.89. The topological polar surface area (TPSA) is 75.4 Å². The van der Waals surface area contributed by atoms with Crippen LogP contribution < -0.4 is 11.1 Å². The fourth-order valence-electron chi connectivity index (χ4n) is 3.06. The zero-order chi connectivity index (χ0) is 13.0. The Balaban J connectivity index is 2.10. The average Bonchev–Trinajstić information content (AvgIpc) is 2.64. The van der Waals surface area contributed by atoms with Gasteiger partial charge in [0.1, 0.15) is 0 Å². The maximum atomic E-state index is 12.7. The molecule has 0 unspecified atom stereocenters. The van der Waals surface area contributed by atoms with E-state index in [4.69, 9.17) is 5.73 Å². The standard InChI is InChI=1S/C13H23N3O2/c14-10-13(5-3-1-2-4-6-13)12(18)16-8-7-15-11(17)9-16/h1-10,14H2,(H,15,17). The largest absolute Gasteiger partial charge is 0.353 e. The highest BCUT2D eigenvalue weighted by Crippen LogP contribution is 2.36. The minimum atomic E-state index is -0.409. The SMILES string of the molecule is NCC1(C(=O)N2CCNC(=O)C2)CCCCCC1. The molecule has 0 spiro atoms. The van der Waals surface area contributed by atoms with Crippen LogP contribution in [0.1, 0.15) is 38.5 Å². The van der Waals surface area contributed by atoms with Crippen molar-refractivity contribution in [1.29, 1.82) is 0 Å². The third kappa shape index (κ3) is 2.66. The van der Waals surface area contributed by atoms with Crippen molar-refractivity contribution in [2.75, 3.05) is 26.2 Å². The molecule has 1 saturated heterocycles. The van der Waals surface area contributed by atoms with Crippen LogP contribution >= 0.6 is 0 Å². The summed E-state index contributed by atoms with van der Waals surface area (Å²) in [5.74, 6) is 0.0390. The molecule has 0 radical (unpaired) electrons. The molecule has 0 atom stereocenters. The lowest BCUT2D eigenvalue weighted by Gasteiger charge is -2.37. The molecule has 0 aromatic carbocycles. The quantitative estimate of drug-likeness (QED) is 0.692. The van der Waals surface area contributed by atoms with Crippen molar-refractivity contribution in [2.24, 2.45) is 11.1 Å². The number of nitrogens with zero attached hydrogens (tertiary/aromatic N) is 1. The Labute approximate surface area is 108 Å². The van der Waals surface area contributed by atoms with Crippen LogP contribution in [0, 0.1) is 5.41 Å². The van der Waals surface area contributed by atoms with E-state index in [0.29, 0.717) is 19.6 Å². The molecule has 5 heteroatoms. The molecule has 2 amide bonds. The van der Waals surface area contributed by atoms with E-state index in [1.807, 2.05) is 0 Å². The van der Waals surface area contributed by atoms with E-state index in [2.05, 4.69) is 5.32 Å². The van der Waals surface area contributed by atoms with Crippen LogP contribution in [0.5, 0.6) is 0 Å². The van der Waals surface area contributed by atoms with Crippen LogP contribution in [0.4, 0.5) is 0 Å². The van der Waals surface area contributed by atoms with E-state index in [1.165, 1.54) is 12.8 Å². The van der Waals surface area contributed by atoms with Gasteiger partial charge in [0.2, 0.25) is 11.8 Å². The number of rotatable bonds is 2. The van der Waals surface area contributed by atoms with E-state index in [1.54, 1.807) is 4.90 Å². The van der Waals surface area contributed by atoms with Gasteiger partial charge in [0, 0.05) is 19.6 Å². The Morgan fingerprint density at radius 3 is 2.50 bits per heavy atom. The van der Waals surface area contributed by atoms with Gasteiger partial charge in [0.15, 0.2) is 0 Å². The number of hydrogen-bond donors (Lipinski definition) is 2. The smallest absolute Gasteiger partial charge is 0.239 e. The fraction of sp³-hybridized carbons (Fsp3) is 0.846. The monoisotopic (exact) mass is 253 g/mol. The van der Waals surface area contributed by atoms with Gasteiger partial charge in [-0.3, -0.25) is 9.59 Å². The Morgan fingerprint density at radius 1 is 1.28 bits per heavy atom. The predicted octanol–water partition coefficient (Wildman–Crippen LogP) is 0.244. The minimum absolute atomic E-state index is 0.0598. The molecule has 1 aliphatic heterocycles. The van der Waals surface area contributed by atoms with Crippen LogP contribution in [-0.2, 0) is 9.59 Å². The molecule has 18 heavy (non-hydrogen) atoms. The summed E-state index contributed by atoms with van der Waals surface area (Å²) >= 11 is 0. The average molecular weight is 253 g/mol. The lowest BCUT2D eigenvalue weighted by molar-refractivity contribution is -0.147. The van der Waals surface area contributed by atoms with Crippen molar-refractivity contribution in [3.63, 3.8) is 0 Å². The van der Waals surface area contributed by atoms with Crippen LogP contribution in [0.15, 0.2) is 0 Å². The van der Waals surface area contributed by atoms with Gasteiger partial charge >= 0.3 is 0 Å². The fourth-order valence-corrected chi connectivity index (χ4v) is 3.06. The molecule has 102 valence electrons. The van der Waals surface area contributed by atoms with Gasteiger partial charge < -0.3 is 16.0 Å². The molecular weight excluding hydrogens is 230 g/mol. The number of amides is 2. The molecule has 0 aromatic rings. The van der Waals surface area contributed by atoms with Crippen molar-refractivity contribution < 1.29 is 9.59 Å². The van der Waals surface area contributed by atoms with Crippen LogP contribution in [0.2, 0.25) is 0 Å². The van der Waals surface area contributed by atoms with E-state index in [9.17, 15) is 9.59 Å². The molecule has 5 nitrogen and oxygen atoms in total. The lowest BCUT2D eigenvalue weighted by Crippen LogP contribution is -2.55. The van der Waals surface area contributed by atoms with Crippen molar-refractivity contribution in [3.05, 3.63) is 0 Å². The second-order valence-electron chi connectivity index (χ2n) is 5.48. The summed E-state index contributed by atoms with van der Waals surface area (Å²) in [4.78, 5) is 25.7. The molecule has 2 rings (SSSR count). The Morgan fingerprint density at radius 2 is 1.94 bits per heavy atom. The number of hydrogen-bond acceptors (Lipinski definition) is 3. The van der Waals surface area contributed by atoms with Crippen molar-refractivity contribution in [2.45, 2.75) is 38.5 Å². The number of nitrogens with one attached hydrogen (secondary N) is 1. The highest BCUT2D eigenvalue weighted by atomic mass is 16.2. The van der Waals surface area contributed by atoms with Gasteiger partial charge in [0.05, 0.1) is 12.0 Å². The number of carbonyl (C=O) groups excluding carboxylic acids is 2. The van der Waals surface area contributed by atoms with E-state index < -0.39 is 5.41 Å². The first-order chi connectivity index (χ1) is 8.68. The van der Waals surface area contributed by atoms with E-state index >= 15 is 0 Å². The summed E-state index contributed by atoms with van der Waals surface area (Å²) in [5, 5.41) is 2.75. The zero-order valence-corrected chi connectivity index (χ0v) is 10.9. The van der Waals surface area contributed by atoms with E-state index in [-0.39, 0.29) is 18.4 Å². The molecule has 3 N–H and O–H groups in total. The maximum Gasteiger partial charge on any atom is 0.239 e.